The van der Waals surface area contributed by atoms with Crippen LogP contribution in [0.25, 0.3) is 11.7 Å². The molecule has 2 aliphatic heterocycles. The van der Waals surface area contributed by atoms with E-state index in [0.29, 0.717) is 52.3 Å². The van der Waals surface area contributed by atoms with E-state index >= 15 is 0 Å². The van der Waals surface area contributed by atoms with E-state index in [-0.39, 0.29) is 23.7 Å². The van der Waals surface area contributed by atoms with Gasteiger partial charge in [-0.25, -0.2) is 4.98 Å². The Morgan fingerprint density at radius 2 is 1.84 bits per heavy atom. The van der Waals surface area contributed by atoms with E-state index in [1.807, 2.05) is 57.2 Å². The molecular formula is C28H30N4O4S2. The normalized spacial score (nSPS) is 21.1. The summed E-state index contributed by atoms with van der Waals surface area (Å²) in [6.45, 7) is 7.60. The standard InChI is InChI=1S/C28H30N4O4S2/c1-17-5-10-24-29-25(30-15-18(2)36-19(3)16-30)22(26(33)32(24)14-17)13-23-27(34)31(28(37)38-23)12-11-20-6-8-21(35-4)9-7-20/h5-10,13-14,18-19H,11-12,15-16H2,1-4H3. The highest BCUT2D eigenvalue weighted by Gasteiger charge is 2.33. The molecule has 1 aromatic carbocycles. The topological polar surface area (TPSA) is 76.4 Å². The summed E-state index contributed by atoms with van der Waals surface area (Å²) in [6, 6.07) is 11.5. The van der Waals surface area contributed by atoms with Gasteiger partial charge in [-0.15, -0.1) is 0 Å². The van der Waals surface area contributed by atoms with E-state index in [9.17, 15) is 9.59 Å². The summed E-state index contributed by atoms with van der Waals surface area (Å²) in [6.07, 6.45) is 4.06. The van der Waals surface area contributed by atoms with E-state index in [1.54, 1.807) is 28.7 Å². The molecule has 2 fully saturated rings. The lowest BCUT2D eigenvalue weighted by atomic mass is 10.1. The number of rotatable bonds is 6. The Hall–Kier alpha value is -3.21. The molecular weight excluding hydrogens is 520 g/mol. The quantitative estimate of drug-likeness (QED) is 0.336. The largest absolute Gasteiger partial charge is 0.497 e. The third-order valence-electron chi connectivity index (χ3n) is 6.64. The van der Waals surface area contributed by atoms with Gasteiger partial charge in [-0.05, 0) is 62.6 Å². The molecule has 0 bridgehead atoms. The lowest BCUT2D eigenvalue weighted by Gasteiger charge is -2.36. The van der Waals surface area contributed by atoms with Crippen LogP contribution in [0.3, 0.4) is 0 Å². The first-order valence-electron chi connectivity index (χ1n) is 12.5. The van der Waals surface area contributed by atoms with Gasteiger partial charge in [0.2, 0.25) is 0 Å². The van der Waals surface area contributed by atoms with Crippen molar-refractivity contribution in [2.45, 2.75) is 39.4 Å². The van der Waals surface area contributed by atoms with Gasteiger partial charge in [0.05, 0.1) is 29.8 Å². The van der Waals surface area contributed by atoms with Gasteiger partial charge in [0, 0.05) is 25.8 Å². The van der Waals surface area contributed by atoms with Crippen molar-refractivity contribution < 1.29 is 14.3 Å². The Bertz CT molecular complexity index is 1470. The molecule has 2 saturated heterocycles. The number of morpholine rings is 1. The van der Waals surface area contributed by atoms with Crippen LogP contribution < -0.4 is 15.2 Å². The summed E-state index contributed by atoms with van der Waals surface area (Å²) in [5, 5.41) is 0. The van der Waals surface area contributed by atoms with E-state index in [2.05, 4.69) is 4.90 Å². The zero-order chi connectivity index (χ0) is 27.0. The minimum absolute atomic E-state index is 0.0129. The summed E-state index contributed by atoms with van der Waals surface area (Å²) in [4.78, 5) is 36.2. The molecule has 198 valence electrons. The molecule has 0 saturated carbocycles. The van der Waals surface area contributed by atoms with Gasteiger partial charge in [-0.1, -0.05) is 42.2 Å². The number of thioether (sulfide) groups is 1. The molecule has 2 unspecified atom stereocenters. The first-order chi connectivity index (χ1) is 18.2. The molecule has 1 amide bonds. The number of aromatic nitrogens is 2. The minimum atomic E-state index is -0.219. The van der Waals surface area contributed by atoms with Crippen LogP contribution >= 0.6 is 24.0 Å². The molecule has 3 aromatic rings. The summed E-state index contributed by atoms with van der Waals surface area (Å²) in [5.41, 5.74) is 2.74. The van der Waals surface area contributed by atoms with E-state index in [4.69, 9.17) is 26.7 Å². The summed E-state index contributed by atoms with van der Waals surface area (Å²) >= 11 is 6.78. The number of aryl methyl sites for hydroxylation is 1. The Morgan fingerprint density at radius 1 is 1.13 bits per heavy atom. The third-order valence-corrected chi connectivity index (χ3v) is 8.01. The molecule has 5 rings (SSSR count). The van der Waals surface area contributed by atoms with Crippen LogP contribution in [0.1, 0.15) is 30.5 Å². The van der Waals surface area contributed by atoms with Gasteiger partial charge in [0.1, 0.15) is 21.5 Å². The van der Waals surface area contributed by atoms with Crippen LogP contribution in [-0.4, -0.2) is 63.5 Å². The van der Waals surface area contributed by atoms with Gasteiger partial charge in [-0.3, -0.25) is 18.9 Å². The molecule has 2 aliphatic rings. The number of carbonyl (C=O) groups excluding carboxylic acids is 1. The molecule has 0 aliphatic carbocycles. The minimum Gasteiger partial charge on any atom is -0.497 e. The van der Waals surface area contributed by atoms with E-state index in [1.165, 1.54) is 11.8 Å². The second-order valence-electron chi connectivity index (χ2n) is 9.68. The van der Waals surface area contributed by atoms with Crippen molar-refractivity contribution in [2.24, 2.45) is 0 Å². The number of anilines is 1. The molecule has 2 atom stereocenters. The van der Waals surface area contributed by atoms with Gasteiger partial charge in [0.15, 0.2) is 0 Å². The van der Waals surface area contributed by atoms with Gasteiger partial charge >= 0.3 is 0 Å². The van der Waals surface area contributed by atoms with Crippen LogP contribution in [0.2, 0.25) is 0 Å². The number of carbonyl (C=O) groups is 1. The second kappa shape index (κ2) is 10.9. The maximum Gasteiger partial charge on any atom is 0.267 e. The number of hydrogen-bond acceptors (Lipinski definition) is 8. The average Bonchev–Trinajstić information content (AvgIpc) is 3.16. The number of nitrogens with zero attached hydrogens (tertiary/aromatic N) is 4. The number of methoxy groups -OCH3 is 1. The number of benzene rings is 1. The zero-order valence-electron chi connectivity index (χ0n) is 21.8. The Kier molecular flexibility index (Phi) is 7.56. The van der Waals surface area contributed by atoms with Crippen molar-refractivity contribution in [2.75, 3.05) is 31.6 Å². The predicted molar refractivity (Wildman–Crippen MR) is 155 cm³/mol. The van der Waals surface area contributed by atoms with Crippen LogP contribution in [-0.2, 0) is 16.0 Å². The second-order valence-corrected chi connectivity index (χ2v) is 11.4. The SMILES string of the molecule is COc1ccc(CCN2C(=O)C(=Cc3c(N4CC(C)OC(C)C4)nc4ccc(C)cn4c3=O)SC2=S)cc1. The highest BCUT2D eigenvalue weighted by molar-refractivity contribution is 8.26. The molecule has 2 aromatic heterocycles. The van der Waals surface area contributed by atoms with Crippen molar-refractivity contribution in [3.63, 3.8) is 0 Å². The van der Waals surface area contributed by atoms with Crippen molar-refractivity contribution in [1.29, 1.82) is 0 Å². The number of ether oxygens (including phenoxy) is 2. The van der Waals surface area contributed by atoms with Crippen molar-refractivity contribution in [1.82, 2.24) is 14.3 Å². The summed E-state index contributed by atoms with van der Waals surface area (Å²) < 4.78 is 13.2. The monoisotopic (exact) mass is 550 g/mol. The average molecular weight is 551 g/mol. The third kappa shape index (κ3) is 5.34. The summed E-state index contributed by atoms with van der Waals surface area (Å²) in [7, 11) is 1.63. The Labute approximate surface area is 231 Å². The Morgan fingerprint density at radius 3 is 2.53 bits per heavy atom. The lowest BCUT2D eigenvalue weighted by Crippen LogP contribution is -2.46. The van der Waals surface area contributed by atoms with Crippen molar-refractivity contribution >= 4 is 51.7 Å². The van der Waals surface area contributed by atoms with Crippen molar-refractivity contribution in [3.8, 4) is 5.75 Å². The van der Waals surface area contributed by atoms with Crippen LogP contribution in [0.5, 0.6) is 5.75 Å². The van der Waals surface area contributed by atoms with E-state index in [0.717, 1.165) is 16.9 Å². The predicted octanol–water partition coefficient (Wildman–Crippen LogP) is 4.07. The van der Waals surface area contributed by atoms with E-state index < -0.39 is 0 Å². The molecule has 4 heterocycles. The smallest absolute Gasteiger partial charge is 0.267 e. The fourth-order valence-electron chi connectivity index (χ4n) is 4.82. The number of fused-ring (bicyclic) bond motifs is 1. The maximum absolute atomic E-state index is 13.8. The number of amides is 1. The number of hydrogen-bond donors (Lipinski definition) is 0. The van der Waals surface area contributed by atoms with Gasteiger partial charge in [0.25, 0.3) is 11.5 Å². The lowest BCUT2D eigenvalue weighted by molar-refractivity contribution is -0.122. The Balaban J connectivity index is 1.49. The molecule has 0 N–H and O–H groups in total. The summed E-state index contributed by atoms with van der Waals surface area (Å²) in [5.74, 6) is 1.15. The highest BCUT2D eigenvalue weighted by Crippen LogP contribution is 2.34. The molecule has 10 heteroatoms. The molecule has 8 nitrogen and oxygen atoms in total. The fraction of sp³-hybridized carbons (Fsp3) is 0.357. The number of thiocarbonyl (C=S) groups is 1. The van der Waals surface area contributed by atoms with Crippen LogP contribution in [0.4, 0.5) is 5.82 Å². The first-order valence-corrected chi connectivity index (χ1v) is 13.8. The molecule has 38 heavy (non-hydrogen) atoms. The van der Waals surface area contributed by atoms with Crippen LogP contribution in [0.15, 0.2) is 52.3 Å². The maximum atomic E-state index is 13.8. The van der Waals surface area contributed by atoms with Crippen molar-refractivity contribution in [3.05, 3.63) is 74.5 Å². The fourth-order valence-corrected chi connectivity index (χ4v) is 6.11. The zero-order valence-corrected chi connectivity index (χ0v) is 23.5. The van der Waals surface area contributed by atoms with Gasteiger partial charge < -0.3 is 14.4 Å². The van der Waals surface area contributed by atoms with Crippen LogP contribution in [0, 0.1) is 6.92 Å². The molecule has 0 radical (unpaired) electrons. The first kappa shape index (κ1) is 26.4. The highest BCUT2D eigenvalue weighted by atomic mass is 32.2. The van der Waals surface area contributed by atoms with Gasteiger partial charge in [-0.2, -0.15) is 0 Å². The number of pyridine rings is 1. The molecule has 0 spiro atoms.